The average molecular weight is 316 g/mol. The summed E-state index contributed by atoms with van der Waals surface area (Å²) in [6, 6.07) is 0. The van der Waals surface area contributed by atoms with E-state index in [4.69, 9.17) is 4.84 Å². The van der Waals surface area contributed by atoms with Crippen LogP contribution >= 0.6 is 0 Å². The van der Waals surface area contributed by atoms with Crippen molar-refractivity contribution < 1.29 is 23.1 Å². The third kappa shape index (κ3) is 3.82. The van der Waals surface area contributed by atoms with Crippen LogP contribution in [-0.2, 0) is 4.84 Å². The fraction of sp³-hybridized carbons (Fsp3) is 0.308. The van der Waals surface area contributed by atoms with E-state index in [1.54, 1.807) is 31.3 Å². The summed E-state index contributed by atoms with van der Waals surface area (Å²) in [5.41, 5.74) is 0.337. The number of halogens is 3. The lowest BCUT2D eigenvalue weighted by Crippen LogP contribution is -2.47. The van der Waals surface area contributed by atoms with Gasteiger partial charge in [-0.3, -0.25) is 0 Å². The molecule has 0 aromatic carbocycles. The number of fused-ring (bicyclic) bond motifs is 1. The van der Waals surface area contributed by atoms with Gasteiger partial charge in [-0.15, -0.1) is 0 Å². The van der Waals surface area contributed by atoms with Gasteiger partial charge < -0.3 is 10.0 Å². The van der Waals surface area contributed by atoms with Gasteiger partial charge in [0.2, 0.25) is 0 Å². The first kappa shape index (κ1) is 16.0. The maximum atomic E-state index is 12.3. The first-order valence-electron chi connectivity index (χ1n) is 6.27. The Kier molecular flexibility index (Phi) is 4.45. The SMILES string of the molecule is CN(C)/C=C/C(O)=c1cnc2n1N(OCC(F)(F)F)C=CC=2. The molecule has 22 heavy (non-hydrogen) atoms. The van der Waals surface area contributed by atoms with Gasteiger partial charge in [-0.25, -0.2) is 14.5 Å². The van der Waals surface area contributed by atoms with Gasteiger partial charge in [-0.05, 0) is 18.2 Å². The maximum Gasteiger partial charge on any atom is 0.414 e. The Bertz CT molecular complexity index is 704. The van der Waals surface area contributed by atoms with Gasteiger partial charge in [0.05, 0.1) is 12.4 Å². The Balaban J connectivity index is 2.39. The number of rotatable bonds is 4. The molecule has 9 heteroatoms. The van der Waals surface area contributed by atoms with Crippen LogP contribution in [-0.4, -0.2) is 46.5 Å². The summed E-state index contributed by atoms with van der Waals surface area (Å²) in [4.78, 5) is 10.4. The average Bonchev–Trinajstić information content (AvgIpc) is 2.86. The normalized spacial score (nSPS) is 15.8. The first-order chi connectivity index (χ1) is 10.3. The highest BCUT2D eigenvalue weighted by molar-refractivity contribution is 5.47. The lowest BCUT2D eigenvalue weighted by atomic mass is 10.4. The minimum absolute atomic E-state index is 0.156. The molecule has 0 radical (unpaired) electrons. The third-order valence-electron chi connectivity index (χ3n) is 2.57. The summed E-state index contributed by atoms with van der Waals surface area (Å²) < 4.78 is 38.1. The number of hydrogen-bond acceptors (Lipinski definition) is 5. The summed E-state index contributed by atoms with van der Waals surface area (Å²) in [7, 11) is 3.54. The van der Waals surface area contributed by atoms with Crippen LogP contribution in [0, 0.1) is 0 Å². The molecule has 1 N–H and O–H groups in total. The highest BCUT2D eigenvalue weighted by Crippen LogP contribution is 2.15. The van der Waals surface area contributed by atoms with Crippen molar-refractivity contribution in [1.82, 2.24) is 14.6 Å². The molecule has 1 aromatic rings. The Morgan fingerprint density at radius 2 is 2.18 bits per heavy atom. The number of aliphatic hydroxyl groups is 1. The Morgan fingerprint density at radius 1 is 1.45 bits per heavy atom. The molecule has 0 saturated carbocycles. The Labute approximate surface area is 124 Å². The van der Waals surface area contributed by atoms with Crippen molar-refractivity contribution >= 4 is 11.8 Å². The van der Waals surface area contributed by atoms with Crippen molar-refractivity contribution in [3.63, 3.8) is 0 Å². The molecular formula is C13H15F3N4O2. The molecule has 0 unspecified atom stereocenters. The molecule has 0 atom stereocenters. The van der Waals surface area contributed by atoms with Crippen molar-refractivity contribution in [3.8, 4) is 0 Å². The number of imidazole rings is 1. The van der Waals surface area contributed by atoms with Gasteiger partial charge >= 0.3 is 6.18 Å². The summed E-state index contributed by atoms with van der Waals surface area (Å²) in [5, 5.41) is 11.1. The predicted molar refractivity (Wildman–Crippen MR) is 74.2 cm³/mol. The molecule has 0 fully saturated rings. The first-order valence-corrected chi connectivity index (χ1v) is 6.27. The summed E-state index contributed by atoms with van der Waals surface area (Å²) in [5.74, 6) is -0.156. The van der Waals surface area contributed by atoms with E-state index in [-0.39, 0.29) is 11.1 Å². The smallest absolute Gasteiger partial charge is 0.414 e. The molecule has 0 amide bonds. The lowest BCUT2D eigenvalue weighted by molar-refractivity contribution is -0.180. The van der Waals surface area contributed by atoms with Gasteiger partial charge in [-0.1, -0.05) is 0 Å². The van der Waals surface area contributed by atoms with Crippen molar-refractivity contribution in [1.29, 1.82) is 0 Å². The van der Waals surface area contributed by atoms with E-state index in [0.717, 1.165) is 5.17 Å². The minimum Gasteiger partial charge on any atom is -0.506 e. The summed E-state index contributed by atoms with van der Waals surface area (Å²) >= 11 is 0. The number of hydrogen-bond donors (Lipinski definition) is 1. The van der Waals surface area contributed by atoms with Crippen LogP contribution in [0.2, 0.25) is 0 Å². The van der Waals surface area contributed by atoms with Crippen LogP contribution in [0.25, 0.3) is 11.8 Å². The van der Waals surface area contributed by atoms with E-state index in [2.05, 4.69) is 4.98 Å². The van der Waals surface area contributed by atoms with Crippen LogP contribution in [0.4, 0.5) is 13.2 Å². The van der Waals surface area contributed by atoms with E-state index in [1.807, 2.05) is 0 Å². The molecule has 6 nitrogen and oxygen atoms in total. The number of aromatic nitrogens is 2. The monoisotopic (exact) mass is 316 g/mol. The molecule has 0 aliphatic carbocycles. The molecule has 2 rings (SSSR count). The van der Waals surface area contributed by atoms with E-state index in [0.29, 0.717) is 5.48 Å². The van der Waals surface area contributed by atoms with Crippen LogP contribution in [0.15, 0.2) is 30.7 Å². The quantitative estimate of drug-likeness (QED) is 0.869. The Morgan fingerprint density at radius 3 is 2.82 bits per heavy atom. The van der Waals surface area contributed by atoms with E-state index in [1.165, 1.54) is 29.2 Å². The number of hydroxylamine groups is 1. The van der Waals surface area contributed by atoms with Gasteiger partial charge in [0.1, 0.15) is 11.1 Å². The third-order valence-corrected chi connectivity index (χ3v) is 2.57. The number of allylic oxidation sites excluding steroid dienone is 1. The zero-order chi connectivity index (χ0) is 16.3. The van der Waals surface area contributed by atoms with Gasteiger partial charge in [0, 0.05) is 20.3 Å². The van der Waals surface area contributed by atoms with Gasteiger partial charge in [0.25, 0.3) is 0 Å². The number of nitrogens with zero attached hydrogens (tertiary/aromatic N) is 4. The summed E-state index contributed by atoms with van der Waals surface area (Å²) in [6.45, 7) is -1.46. The fourth-order valence-electron chi connectivity index (χ4n) is 1.67. The number of alkyl halides is 3. The summed E-state index contributed by atoms with van der Waals surface area (Å²) in [6.07, 6.45) is 4.26. The predicted octanol–water partition coefficient (Wildman–Crippen LogP) is 0.364. The second-order valence-corrected chi connectivity index (χ2v) is 4.68. The van der Waals surface area contributed by atoms with Gasteiger partial charge in [-0.2, -0.15) is 18.3 Å². The molecule has 2 heterocycles. The standard InChI is InChI=1S/C13H15F3N4O2/c1-18(2)7-5-11(21)10-8-17-12-4-3-6-19(20(10)12)22-9-13(14,15)16/h3-8,21H,9H2,1-2H3/b7-5+,11-10?. The van der Waals surface area contributed by atoms with Crippen molar-refractivity contribution in [3.05, 3.63) is 41.6 Å². The fourth-order valence-corrected chi connectivity index (χ4v) is 1.67. The van der Waals surface area contributed by atoms with Crippen LogP contribution in [0.5, 0.6) is 0 Å². The van der Waals surface area contributed by atoms with Crippen LogP contribution in [0.1, 0.15) is 0 Å². The Hall–Kier alpha value is -2.42. The molecule has 1 aliphatic rings. The highest BCUT2D eigenvalue weighted by atomic mass is 19.4. The number of aliphatic hydroxyl groups excluding tert-OH is 1. The van der Waals surface area contributed by atoms with Gasteiger partial charge in [0.15, 0.2) is 12.1 Å². The second kappa shape index (κ2) is 6.14. The highest BCUT2D eigenvalue weighted by Gasteiger charge is 2.29. The minimum atomic E-state index is -4.47. The second-order valence-electron chi connectivity index (χ2n) is 4.68. The zero-order valence-corrected chi connectivity index (χ0v) is 11.9. The largest absolute Gasteiger partial charge is 0.506 e. The van der Waals surface area contributed by atoms with E-state index < -0.39 is 12.8 Å². The lowest BCUT2D eigenvalue weighted by Gasteiger charge is -2.23. The van der Waals surface area contributed by atoms with E-state index >= 15 is 0 Å². The topological polar surface area (TPSA) is 53.8 Å². The molecule has 120 valence electrons. The molecule has 0 bridgehead atoms. The van der Waals surface area contributed by atoms with Crippen molar-refractivity contribution in [2.45, 2.75) is 6.18 Å². The van der Waals surface area contributed by atoms with E-state index in [9.17, 15) is 18.3 Å². The van der Waals surface area contributed by atoms with Crippen molar-refractivity contribution in [2.75, 3.05) is 25.9 Å². The van der Waals surface area contributed by atoms with Crippen LogP contribution < -0.4 is 16.0 Å². The molecule has 0 spiro atoms. The molecule has 1 aliphatic heterocycles. The molecule has 0 saturated heterocycles. The molecular weight excluding hydrogens is 301 g/mol. The van der Waals surface area contributed by atoms with Crippen molar-refractivity contribution in [2.24, 2.45) is 0 Å². The maximum absolute atomic E-state index is 12.3. The zero-order valence-electron chi connectivity index (χ0n) is 11.9. The molecule has 1 aromatic heterocycles. The van der Waals surface area contributed by atoms with Crippen LogP contribution in [0.3, 0.4) is 0 Å².